The molecule has 0 aromatic carbocycles. The number of carbonyl (C=O) groups excluding carboxylic acids is 1. The number of aromatic amines is 1. The largest absolute Gasteiger partial charge is 0.463 e. The number of ether oxygens (including phenoxy) is 3. The molecule has 0 bridgehead atoms. The minimum Gasteiger partial charge on any atom is -0.463 e. The van der Waals surface area contributed by atoms with E-state index in [0.29, 0.717) is 22.8 Å². The van der Waals surface area contributed by atoms with Crippen LogP contribution in [0, 0.1) is 5.92 Å². The molecule has 2 aromatic heterocycles. The molecule has 0 saturated carbocycles. The van der Waals surface area contributed by atoms with Crippen LogP contribution in [0.25, 0.3) is 11.1 Å². The van der Waals surface area contributed by atoms with Gasteiger partial charge < -0.3 is 23.6 Å². The first-order chi connectivity index (χ1) is 10.5. The molecule has 0 amide bonds. The van der Waals surface area contributed by atoms with Gasteiger partial charge in [0.1, 0.15) is 11.5 Å². The Kier molecular flexibility index (Phi) is 3.44. The molecule has 3 heterocycles. The zero-order valence-corrected chi connectivity index (χ0v) is 12.6. The molecule has 1 aliphatic rings. The zero-order chi connectivity index (χ0) is 15.9. The fraction of sp³-hybridized carbons (Fsp3) is 0.312. The van der Waals surface area contributed by atoms with E-state index in [-0.39, 0.29) is 11.9 Å². The number of fused-ring (bicyclic) bond motifs is 1. The van der Waals surface area contributed by atoms with Crippen molar-refractivity contribution >= 4 is 17.1 Å². The van der Waals surface area contributed by atoms with Crippen molar-refractivity contribution in [1.82, 2.24) is 4.98 Å². The van der Waals surface area contributed by atoms with Gasteiger partial charge in [0.2, 0.25) is 0 Å². The van der Waals surface area contributed by atoms with Crippen LogP contribution >= 0.6 is 0 Å². The van der Waals surface area contributed by atoms with Gasteiger partial charge in [0, 0.05) is 12.1 Å². The van der Waals surface area contributed by atoms with Crippen LogP contribution < -0.4 is 0 Å². The number of nitrogens with one attached hydrogen (secondary N) is 1. The molecular weight excluding hydrogens is 286 g/mol. The molecule has 0 spiro atoms. The van der Waals surface area contributed by atoms with Crippen LogP contribution in [0.1, 0.15) is 31.3 Å². The average molecular weight is 303 g/mol. The topological polar surface area (TPSA) is 73.7 Å². The van der Waals surface area contributed by atoms with Gasteiger partial charge in [0.05, 0.1) is 11.8 Å². The second-order valence-electron chi connectivity index (χ2n) is 5.45. The average Bonchev–Trinajstić information content (AvgIpc) is 3.09. The normalized spacial score (nSPS) is 16.1. The van der Waals surface area contributed by atoms with E-state index in [1.807, 2.05) is 13.8 Å². The molecule has 0 aliphatic carbocycles. The maximum atomic E-state index is 12.3. The molecule has 1 aliphatic heterocycles. The standard InChI is InChI=1S/C16H17NO5/c1-8(2)14(15-9(3)20-10(4)21-15)22-16(18)12-7-13-11(17-12)5-6-19-13/h5-8,14,17H,4H2,1-3H3. The third-order valence-electron chi connectivity index (χ3n) is 3.40. The van der Waals surface area contributed by atoms with Gasteiger partial charge in [0.25, 0.3) is 5.95 Å². The minimum absolute atomic E-state index is 0.0151. The number of allylic oxidation sites excluding steroid dienone is 1. The molecule has 116 valence electrons. The van der Waals surface area contributed by atoms with E-state index in [2.05, 4.69) is 11.6 Å². The molecule has 1 unspecified atom stereocenters. The molecule has 22 heavy (non-hydrogen) atoms. The first-order valence-electron chi connectivity index (χ1n) is 6.98. The van der Waals surface area contributed by atoms with Crippen LogP contribution in [-0.4, -0.2) is 17.1 Å². The lowest BCUT2D eigenvalue weighted by Crippen LogP contribution is -2.26. The van der Waals surface area contributed by atoms with E-state index in [1.165, 1.54) is 0 Å². The van der Waals surface area contributed by atoms with Crippen molar-refractivity contribution in [3.63, 3.8) is 0 Å². The second-order valence-corrected chi connectivity index (χ2v) is 5.45. The smallest absolute Gasteiger partial charge is 0.355 e. The van der Waals surface area contributed by atoms with E-state index in [4.69, 9.17) is 18.6 Å². The molecule has 3 rings (SSSR count). The summed E-state index contributed by atoms with van der Waals surface area (Å²) in [6.07, 6.45) is 0.998. The third-order valence-corrected chi connectivity index (χ3v) is 3.40. The van der Waals surface area contributed by atoms with Crippen molar-refractivity contribution in [2.45, 2.75) is 26.9 Å². The van der Waals surface area contributed by atoms with E-state index < -0.39 is 12.1 Å². The van der Waals surface area contributed by atoms with Crippen LogP contribution in [0.4, 0.5) is 0 Å². The summed E-state index contributed by atoms with van der Waals surface area (Å²) >= 11 is 0. The number of furan rings is 1. The summed E-state index contributed by atoms with van der Waals surface area (Å²) in [5, 5.41) is 0. The zero-order valence-electron chi connectivity index (χ0n) is 12.6. The van der Waals surface area contributed by atoms with Crippen LogP contribution in [0.5, 0.6) is 0 Å². The van der Waals surface area contributed by atoms with Crippen molar-refractivity contribution in [2.75, 3.05) is 0 Å². The Morgan fingerprint density at radius 1 is 1.36 bits per heavy atom. The van der Waals surface area contributed by atoms with E-state index >= 15 is 0 Å². The summed E-state index contributed by atoms with van der Waals surface area (Å²) in [6, 6.07) is 3.36. The lowest BCUT2D eigenvalue weighted by atomic mass is 10.0. The Morgan fingerprint density at radius 2 is 2.14 bits per heavy atom. The highest BCUT2D eigenvalue weighted by molar-refractivity contribution is 5.93. The molecule has 2 aromatic rings. The van der Waals surface area contributed by atoms with Crippen LogP contribution in [0.2, 0.25) is 0 Å². The lowest BCUT2D eigenvalue weighted by Gasteiger charge is -2.21. The Balaban J connectivity index is 1.82. The van der Waals surface area contributed by atoms with Gasteiger partial charge in [-0.3, -0.25) is 0 Å². The van der Waals surface area contributed by atoms with Gasteiger partial charge in [-0.05, 0) is 19.4 Å². The summed E-state index contributed by atoms with van der Waals surface area (Å²) in [4.78, 5) is 15.3. The first kappa shape index (κ1) is 14.3. The fourth-order valence-corrected chi connectivity index (χ4v) is 2.32. The van der Waals surface area contributed by atoms with Gasteiger partial charge in [0.15, 0.2) is 17.4 Å². The van der Waals surface area contributed by atoms with Crippen LogP contribution in [-0.2, 0) is 14.2 Å². The Bertz CT molecular complexity index is 736. The molecule has 0 radical (unpaired) electrons. The third kappa shape index (κ3) is 2.47. The maximum Gasteiger partial charge on any atom is 0.355 e. The fourth-order valence-electron chi connectivity index (χ4n) is 2.32. The Hall–Kier alpha value is -2.63. The Morgan fingerprint density at radius 3 is 2.73 bits per heavy atom. The highest BCUT2D eigenvalue weighted by atomic mass is 16.7. The summed E-state index contributed by atoms with van der Waals surface area (Å²) in [5.74, 6) is 0.750. The summed E-state index contributed by atoms with van der Waals surface area (Å²) in [7, 11) is 0. The van der Waals surface area contributed by atoms with Gasteiger partial charge in [-0.25, -0.2) is 4.79 Å². The first-order valence-corrected chi connectivity index (χ1v) is 6.98. The Labute approximate surface area is 127 Å². The second kappa shape index (κ2) is 5.29. The van der Waals surface area contributed by atoms with Gasteiger partial charge >= 0.3 is 5.97 Å². The number of H-pyrrole nitrogens is 1. The van der Waals surface area contributed by atoms with E-state index in [1.54, 1.807) is 25.3 Å². The summed E-state index contributed by atoms with van der Waals surface area (Å²) < 4.78 is 21.5. The number of rotatable bonds is 4. The van der Waals surface area contributed by atoms with E-state index in [0.717, 1.165) is 5.52 Å². The van der Waals surface area contributed by atoms with Crippen molar-refractivity contribution in [1.29, 1.82) is 0 Å². The number of aromatic nitrogens is 1. The number of carbonyl (C=O) groups is 1. The SMILES string of the molecule is C=C1OC(C)=C(C(OC(=O)c2cc3occc3[nH]2)C(C)C)O1. The highest BCUT2D eigenvalue weighted by Crippen LogP contribution is 2.31. The van der Waals surface area contributed by atoms with Gasteiger partial charge in [-0.2, -0.15) is 0 Å². The predicted molar refractivity (Wildman–Crippen MR) is 78.6 cm³/mol. The molecule has 1 atom stereocenters. The quantitative estimate of drug-likeness (QED) is 0.872. The minimum atomic E-state index is -0.554. The molecule has 6 heteroatoms. The number of hydrogen-bond donors (Lipinski definition) is 1. The molecule has 0 fully saturated rings. The van der Waals surface area contributed by atoms with Crippen molar-refractivity contribution in [3.8, 4) is 0 Å². The summed E-state index contributed by atoms with van der Waals surface area (Å²) in [5.41, 5.74) is 1.69. The van der Waals surface area contributed by atoms with E-state index in [9.17, 15) is 4.79 Å². The molecule has 0 saturated heterocycles. The predicted octanol–water partition coefficient (Wildman–Crippen LogP) is 3.69. The number of esters is 1. The summed E-state index contributed by atoms with van der Waals surface area (Å²) in [6.45, 7) is 9.23. The van der Waals surface area contributed by atoms with Crippen molar-refractivity contribution in [2.24, 2.45) is 5.92 Å². The number of hydrogen-bond acceptors (Lipinski definition) is 5. The van der Waals surface area contributed by atoms with Crippen molar-refractivity contribution < 1.29 is 23.4 Å². The van der Waals surface area contributed by atoms with Crippen LogP contribution in [0.3, 0.4) is 0 Å². The monoisotopic (exact) mass is 303 g/mol. The van der Waals surface area contributed by atoms with Gasteiger partial charge in [-0.15, -0.1) is 0 Å². The molecule has 1 N–H and O–H groups in total. The molecular formula is C16H17NO5. The van der Waals surface area contributed by atoms with Crippen molar-refractivity contribution in [3.05, 3.63) is 48.1 Å². The lowest BCUT2D eigenvalue weighted by molar-refractivity contribution is 0.0139. The highest BCUT2D eigenvalue weighted by Gasteiger charge is 2.32. The van der Waals surface area contributed by atoms with Gasteiger partial charge in [-0.1, -0.05) is 13.8 Å². The molecule has 6 nitrogen and oxygen atoms in total. The van der Waals surface area contributed by atoms with Crippen LogP contribution in [0.15, 0.2) is 46.9 Å². The maximum absolute atomic E-state index is 12.3.